The molecule has 3 rings (SSSR count). The minimum absolute atomic E-state index is 0.174. The molecule has 7 heteroatoms. The second kappa shape index (κ2) is 7.68. The monoisotopic (exact) mass is 479 g/mol. The number of carbonyl (C=O) groups is 1. The van der Waals surface area contributed by atoms with Gasteiger partial charge in [0.05, 0.1) is 11.6 Å². The zero-order valence-electron chi connectivity index (χ0n) is 13.3. The first-order valence-electron chi connectivity index (χ1n) is 7.54. The van der Waals surface area contributed by atoms with Gasteiger partial charge < -0.3 is 16.0 Å². The van der Waals surface area contributed by atoms with E-state index in [1.165, 1.54) is 0 Å². The highest BCUT2D eigenvalue weighted by Gasteiger charge is 2.30. The van der Waals surface area contributed by atoms with Crippen molar-refractivity contribution in [1.29, 1.82) is 0 Å². The van der Waals surface area contributed by atoms with E-state index < -0.39 is 0 Å². The molecule has 0 fully saturated rings. The van der Waals surface area contributed by atoms with Crippen LogP contribution in [0.1, 0.15) is 18.5 Å². The van der Waals surface area contributed by atoms with E-state index in [-0.39, 0.29) is 11.9 Å². The Morgan fingerprint density at radius 2 is 1.84 bits per heavy atom. The Hall–Kier alpha value is -1.70. The van der Waals surface area contributed by atoms with Crippen LogP contribution in [0.15, 0.2) is 68.7 Å². The summed E-state index contributed by atoms with van der Waals surface area (Å²) in [5.74, 6) is -0.174. The Morgan fingerprint density at radius 1 is 1.12 bits per heavy atom. The third kappa shape index (κ3) is 4.29. The van der Waals surface area contributed by atoms with Gasteiger partial charge in [-0.05, 0) is 61.1 Å². The molecule has 1 aliphatic heterocycles. The quantitative estimate of drug-likeness (QED) is 0.560. The molecule has 1 amide bonds. The highest BCUT2D eigenvalue weighted by molar-refractivity contribution is 9.10. The summed E-state index contributed by atoms with van der Waals surface area (Å²) in [4.78, 5) is 12.9. The summed E-state index contributed by atoms with van der Waals surface area (Å²) in [5, 5.41) is 9.68. The van der Waals surface area contributed by atoms with Crippen molar-refractivity contribution in [2.75, 3.05) is 5.32 Å². The van der Waals surface area contributed by atoms with Crippen LogP contribution < -0.4 is 16.0 Å². The fraction of sp³-hybridized carbons (Fsp3) is 0.111. The summed E-state index contributed by atoms with van der Waals surface area (Å²) in [7, 11) is 0. The van der Waals surface area contributed by atoms with E-state index in [0.717, 1.165) is 25.9 Å². The number of anilines is 1. The van der Waals surface area contributed by atoms with Crippen molar-refractivity contribution >= 4 is 60.8 Å². The molecular formula is C18H15Br2N3OS. The molecule has 1 aliphatic rings. The van der Waals surface area contributed by atoms with Gasteiger partial charge in [0, 0.05) is 20.3 Å². The zero-order chi connectivity index (χ0) is 18.0. The van der Waals surface area contributed by atoms with Crippen LogP contribution in [0.4, 0.5) is 5.69 Å². The highest BCUT2D eigenvalue weighted by atomic mass is 79.9. The Kier molecular flexibility index (Phi) is 5.56. The van der Waals surface area contributed by atoms with Crippen molar-refractivity contribution in [3.63, 3.8) is 0 Å². The fourth-order valence-corrected chi connectivity index (χ4v) is 3.61. The maximum atomic E-state index is 12.9. The van der Waals surface area contributed by atoms with Gasteiger partial charge in [0.25, 0.3) is 5.91 Å². The van der Waals surface area contributed by atoms with E-state index in [1.54, 1.807) is 0 Å². The van der Waals surface area contributed by atoms with Crippen LogP contribution >= 0.6 is 44.1 Å². The molecule has 0 aromatic heterocycles. The lowest BCUT2D eigenvalue weighted by molar-refractivity contribution is -0.113. The summed E-state index contributed by atoms with van der Waals surface area (Å²) in [5.41, 5.74) is 3.03. The van der Waals surface area contributed by atoms with Crippen LogP contribution in [0.25, 0.3) is 0 Å². The average Bonchev–Trinajstić information content (AvgIpc) is 2.56. The lowest BCUT2D eigenvalue weighted by Gasteiger charge is -2.30. The number of benzene rings is 2. The first-order valence-corrected chi connectivity index (χ1v) is 9.54. The predicted octanol–water partition coefficient (Wildman–Crippen LogP) is 4.64. The van der Waals surface area contributed by atoms with Crippen molar-refractivity contribution in [3.8, 4) is 0 Å². The molecular weight excluding hydrogens is 466 g/mol. The molecule has 4 nitrogen and oxygen atoms in total. The third-order valence-corrected chi connectivity index (χ3v) is 5.04. The normalized spacial score (nSPS) is 16.9. The summed E-state index contributed by atoms with van der Waals surface area (Å²) < 4.78 is 1.90. The molecule has 0 saturated heterocycles. The SMILES string of the molecule is CC1=C(C(=O)Nc2ccc(Br)cc2)C(c2cccc(Br)c2)NC(=S)N1. The molecule has 1 atom stereocenters. The second-order valence-corrected chi connectivity index (χ2v) is 7.83. The molecule has 0 saturated carbocycles. The van der Waals surface area contributed by atoms with Gasteiger partial charge >= 0.3 is 0 Å². The van der Waals surface area contributed by atoms with Crippen LogP contribution in [0.5, 0.6) is 0 Å². The number of hydrogen-bond donors (Lipinski definition) is 3. The van der Waals surface area contributed by atoms with E-state index in [4.69, 9.17) is 12.2 Å². The van der Waals surface area contributed by atoms with E-state index in [1.807, 2.05) is 55.5 Å². The van der Waals surface area contributed by atoms with Gasteiger partial charge in [-0.15, -0.1) is 0 Å². The minimum Gasteiger partial charge on any atom is -0.351 e. The predicted molar refractivity (Wildman–Crippen MR) is 111 cm³/mol. The van der Waals surface area contributed by atoms with E-state index in [9.17, 15) is 4.79 Å². The molecule has 0 aliphatic carbocycles. The van der Waals surface area contributed by atoms with Crippen LogP contribution in [0.3, 0.4) is 0 Å². The lowest BCUT2D eigenvalue weighted by atomic mass is 9.95. The van der Waals surface area contributed by atoms with Crippen LogP contribution in [-0.2, 0) is 4.79 Å². The number of allylic oxidation sites excluding steroid dienone is 1. The Labute approximate surface area is 168 Å². The number of nitrogens with one attached hydrogen (secondary N) is 3. The van der Waals surface area contributed by atoms with Gasteiger partial charge in [-0.3, -0.25) is 4.79 Å². The van der Waals surface area contributed by atoms with Crippen LogP contribution in [0.2, 0.25) is 0 Å². The Balaban J connectivity index is 1.94. The number of thiocarbonyl (C=S) groups is 1. The number of amides is 1. The van der Waals surface area contributed by atoms with Crippen molar-refractivity contribution in [2.45, 2.75) is 13.0 Å². The average molecular weight is 481 g/mol. The van der Waals surface area contributed by atoms with E-state index in [0.29, 0.717) is 10.7 Å². The first kappa shape index (κ1) is 18.1. The van der Waals surface area contributed by atoms with Crippen molar-refractivity contribution in [1.82, 2.24) is 10.6 Å². The zero-order valence-corrected chi connectivity index (χ0v) is 17.3. The van der Waals surface area contributed by atoms with Gasteiger partial charge in [-0.25, -0.2) is 0 Å². The molecule has 1 heterocycles. The number of hydrogen-bond acceptors (Lipinski definition) is 2. The molecule has 3 N–H and O–H groups in total. The fourth-order valence-electron chi connectivity index (χ4n) is 2.66. The summed E-state index contributed by atoms with van der Waals surface area (Å²) >= 11 is 12.1. The highest BCUT2D eigenvalue weighted by Crippen LogP contribution is 2.29. The van der Waals surface area contributed by atoms with E-state index >= 15 is 0 Å². The molecule has 0 spiro atoms. The van der Waals surface area contributed by atoms with Crippen molar-refractivity contribution in [2.24, 2.45) is 0 Å². The first-order chi connectivity index (χ1) is 11.9. The maximum absolute atomic E-state index is 12.9. The van der Waals surface area contributed by atoms with Crippen molar-refractivity contribution < 1.29 is 4.79 Å². The molecule has 25 heavy (non-hydrogen) atoms. The Morgan fingerprint density at radius 3 is 2.52 bits per heavy atom. The van der Waals surface area contributed by atoms with Gasteiger partial charge in [-0.1, -0.05) is 44.0 Å². The van der Waals surface area contributed by atoms with Gasteiger partial charge in [0.15, 0.2) is 5.11 Å². The van der Waals surface area contributed by atoms with Crippen LogP contribution in [0, 0.1) is 0 Å². The minimum atomic E-state index is -0.318. The standard InChI is InChI=1S/C18H15Br2N3OS/c1-10-15(17(24)22-14-7-5-12(19)6-8-14)16(23-18(25)21-10)11-3-2-4-13(20)9-11/h2-9,16H,1H3,(H,22,24)(H2,21,23,25). The largest absolute Gasteiger partial charge is 0.351 e. The number of rotatable bonds is 3. The second-order valence-electron chi connectivity index (χ2n) is 5.59. The van der Waals surface area contributed by atoms with Gasteiger partial charge in [0.1, 0.15) is 0 Å². The number of halogens is 2. The molecule has 0 radical (unpaired) electrons. The van der Waals surface area contributed by atoms with Crippen LogP contribution in [-0.4, -0.2) is 11.0 Å². The smallest absolute Gasteiger partial charge is 0.255 e. The third-order valence-electron chi connectivity index (χ3n) is 3.80. The van der Waals surface area contributed by atoms with E-state index in [2.05, 4.69) is 47.8 Å². The lowest BCUT2D eigenvalue weighted by Crippen LogP contribution is -2.45. The van der Waals surface area contributed by atoms with Gasteiger partial charge in [-0.2, -0.15) is 0 Å². The number of carbonyl (C=O) groups excluding carboxylic acids is 1. The molecule has 0 bridgehead atoms. The molecule has 2 aromatic rings. The summed E-state index contributed by atoms with van der Waals surface area (Å²) in [6.45, 7) is 1.86. The summed E-state index contributed by atoms with van der Waals surface area (Å²) in [6.07, 6.45) is 0. The Bertz CT molecular complexity index is 865. The van der Waals surface area contributed by atoms with Gasteiger partial charge in [0.2, 0.25) is 0 Å². The van der Waals surface area contributed by atoms with Crippen molar-refractivity contribution in [3.05, 3.63) is 74.3 Å². The molecule has 2 aromatic carbocycles. The summed E-state index contributed by atoms with van der Waals surface area (Å²) in [6, 6.07) is 15.0. The molecule has 1 unspecified atom stereocenters. The topological polar surface area (TPSA) is 53.2 Å². The maximum Gasteiger partial charge on any atom is 0.255 e. The molecule has 128 valence electrons.